The molecule has 0 aliphatic carbocycles. The maximum Gasteiger partial charge on any atom is 0.881 e. The van der Waals surface area contributed by atoms with Gasteiger partial charge in [0.2, 0.25) is 17.7 Å². The minimum absolute atomic E-state index is 0.450. The van der Waals surface area contributed by atoms with Gasteiger partial charge in [0.05, 0.1) is 17.1 Å². The standard InChI is InChI=1S/C14H10N2O2.C13H9NO2.Al/c17-12-8-6-11(7-9-12)14-16-15-13(18-14)10-4-2-1-3-5-10;15-11-7-3-1-5-9(11)13-14-10-6-2-4-8-12(10)16-13;/h1-9,17H;1-8,15H;/q;;+2/p-2. The molecule has 0 aliphatic rings. The van der Waals surface area contributed by atoms with Crippen LogP contribution < -0.4 is 7.58 Å². The van der Waals surface area contributed by atoms with Gasteiger partial charge in [0, 0.05) is 11.1 Å². The molecule has 7 nitrogen and oxygen atoms in total. The van der Waals surface area contributed by atoms with Gasteiger partial charge < -0.3 is 16.4 Å². The summed E-state index contributed by atoms with van der Waals surface area (Å²) in [5.74, 6) is 2.79. The third-order valence-electron chi connectivity index (χ3n) is 5.32. The molecule has 0 bridgehead atoms. The van der Waals surface area contributed by atoms with Crippen LogP contribution >= 0.6 is 0 Å². The first-order valence-electron chi connectivity index (χ1n) is 10.9. The van der Waals surface area contributed by atoms with Crippen molar-refractivity contribution in [1.29, 1.82) is 0 Å². The summed E-state index contributed by atoms with van der Waals surface area (Å²) >= 11 is -0.811. The Kier molecular flexibility index (Phi) is 5.73. The Morgan fingerprint density at radius 2 is 1.26 bits per heavy atom. The molecule has 4 aromatic carbocycles. The number of hydrogen-bond donors (Lipinski definition) is 0. The minimum Gasteiger partial charge on any atom is -0.616 e. The van der Waals surface area contributed by atoms with Gasteiger partial charge in [-0.25, -0.2) is 4.98 Å². The normalized spacial score (nSPS) is 10.9. The van der Waals surface area contributed by atoms with E-state index in [0.717, 1.165) is 27.8 Å². The molecule has 6 rings (SSSR count). The highest BCUT2D eigenvalue weighted by Crippen LogP contribution is 2.31. The first kappa shape index (κ1) is 21.2. The lowest BCUT2D eigenvalue weighted by Gasteiger charge is -2.11. The first-order valence-corrected chi connectivity index (χ1v) is 11.9. The lowest BCUT2D eigenvalue weighted by Crippen LogP contribution is -2.11. The number of oxazole rings is 1. The fraction of sp³-hybridized carbons (Fsp3) is 0. The topological polar surface area (TPSA) is 83.4 Å². The lowest BCUT2D eigenvalue weighted by atomic mass is 10.2. The van der Waals surface area contributed by atoms with Crippen LogP contribution in [0.3, 0.4) is 0 Å². The average molecular weight is 474 g/mol. The highest BCUT2D eigenvalue weighted by atomic mass is 27.2. The molecule has 167 valence electrons. The number of hydrogen-bond acceptors (Lipinski definition) is 7. The highest BCUT2D eigenvalue weighted by Gasteiger charge is 2.16. The van der Waals surface area contributed by atoms with E-state index in [2.05, 4.69) is 15.2 Å². The number of para-hydroxylation sites is 3. The van der Waals surface area contributed by atoms with Crippen LogP contribution in [0.4, 0.5) is 0 Å². The molecule has 6 aromatic rings. The molecule has 0 fully saturated rings. The highest BCUT2D eigenvalue weighted by molar-refractivity contribution is 6.21. The van der Waals surface area contributed by atoms with Crippen LogP contribution in [0.15, 0.2) is 112 Å². The minimum atomic E-state index is -0.811. The van der Waals surface area contributed by atoms with Gasteiger partial charge in [-0.2, -0.15) is 0 Å². The van der Waals surface area contributed by atoms with Gasteiger partial charge in [-0.05, 0) is 60.7 Å². The van der Waals surface area contributed by atoms with Crippen molar-refractivity contribution in [3.8, 4) is 45.9 Å². The SMILES string of the molecule is c1ccc(-c2nnc(-c3ccc([O][Al][O]c4ccccc4-c4nc5ccccc5o4)cc3)o2)cc1. The summed E-state index contributed by atoms with van der Waals surface area (Å²) < 4.78 is 23.6. The van der Waals surface area contributed by atoms with E-state index in [-0.39, 0.29) is 0 Å². The molecule has 35 heavy (non-hydrogen) atoms. The van der Waals surface area contributed by atoms with E-state index < -0.39 is 15.9 Å². The zero-order valence-corrected chi connectivity index (χ0v) is 19.5. The molecule has 0 saturated heterocycles. The van der Waals surface area contributed by atoms with Gasteiger partial charge in [-0.15, -0.1) is 10.2 Å². The van der Waals surface area contributed by atoms with Crippen LogP contribution in [0, 0.1) is 0 Å². The van der Waals surface area contributed by atoms with Gasteiger partial charge in [0.1, 0.15) is 5.52 Å². The Bertz CT molecular complexity index is 1550. The number of aromatic nitrogens is 3. The van der Waals surface area contributed by atoms with Crippen molar-refractivity contribution in [3.63, 3.8) is 0 Å². The van der Waals surface area contributed by atoms with E-state index in [0.29, 0.717) is 29.2 Å². The maximum absolute atomic E-state index is 5.98. The average Bonchev–Trinajstić information content (AvgIpc) is 3.58. The molecule has 0 saturated carbocycles. The summed E-state index contributed by atoms with van der Waals surface area (Å²) in [5.41, 5.74) is 4.01. The summed E-state index contributed by atoms with van der Waals surface area (Å²) in [4.78, 5) is 4.57. The van der Waals surface area contributed by atoms with E-state index in [1.165, 1.54) is 0 Å². The Balaban J connectivity index is 1.12. The first-order chi connectivity index (χ1) is 17.3. The predicted molar refractivity (Wildman–Crippen MR) is 132 cm³/mol. The van der Waals surface area contributed by atoms with Crippen molar-refractivity contribution < 1.29 is 16.4 Å². The van der Waals surface area contributed by atoms with E-state index in [4.69, 9.17) is 16.4 Å². The molecule has 0 N–H and O–H groups in total. The summed E-state index contributed by atoms with van der Waals surface area (Å²) in [6, 6.07) is 32.4. The molecular weight excluding hydrogens is 457 g/mol. The maximum atomic E-state index is 5.98. The smallest absolute Gasteiger partial charge is 0.616 e. The molecule has 8 heteroatoms. The largest absolute Gasteiger partial charge is 0.881 e. The number of rotatable bonds is 7. The van der Waals surface area contributed by atoms with Crippen LogP contribution in [0.25, 0.3) is 45.5 Å². The van der Waals surface area contributed by atoms with Crippen molar-refractivity contribution in [2.24, 2.45) is 0 Å². The monoisotopic (exact) mass is 474 g/mol. The second-order valence-corrected chi connectivity index (χ2v) is 8.28. The predicted octanol–water partition coefficient (Wildman–Crippen LogP) is 6.20. The number of benzene rings is 4. The molecule has 0 aliphatic heterocycles. The van der Waals surface area contributed by atoms with Gasteiger partial charge in [0.15, 0.2) is 5.58 Å². The molecule has 2 heterocycles. The second-order valence-electron chi connectivity index (χ2n) is 7.62. The Labute approximate surface area is 207 Å². The van der Waals surface area contributed by atoms with Gasteiger partial charge in [0.25, 0.3) is 0 Å². The van der Waals surface area contributed by atoms with Crippen LogP contribution in [-0.2, 0) is 0 Å². The van der Waals surface area contributed by atoms with Crippen LogP contribution in [0.1, 0.15) is 0 Å². The van der Waals surface area contributed by atoms with Gasteiger partial charge in [-0.1, -0.05) is 42.5 Å². The third kappa shape index (κ3) is 4.53. The van der Waals surface area contributed by atoms with Crippen molar-refractivity contribution in [2.75, 3.05) is 0 Å². The van der Waals surface area contributed by atoms with Crippen molar-refractivity contribution in [2.45, 2.75) is 0 Å². The summed E-state index contributed by atoms with van der Waals surface area (Å²) in [6.45, 7) is 0. The van der Waals surface area contributed by atoms with Gasteiger partial charge >= 0.3 is 15.9 Å². The van der Waals surface area contributed by atoms with Crippen molar-refractivity contribution in [3.05, 3.63) is 103 Å². The van der Waals surface area contributed by atoms with E-state index in [1.807, 2.05) is 103 Å². The zero-order chi connectivity index (χ0) is 23.5. The number of nitrogens with zero attached hydrogens (tertiary/aromatic N) is 3. The lowest BCUT2D eigenvalue weighted by molar-refractivity contribution is 0.458. The summed E-state index contributed by atoms with van der Waals surface area (Å²) in [7, 11) is 0. The Morgan fingerprint density at radius 3 is 2.06 bits per heavy atom. The van der Waals surface area contributed by atoms with Crippen LogP contribution in [-0.4, -0.2) is 31.1 Å². The van der Waals surface area contributed by atoms with Crippen LogP contribution in [0.2, 0.25) is 0 Å². The second kappa shape index (κ2) is 9.47. The third-order valence-corrected chi connectivity index (χ3v) is 6.04. The quantitative estimate of drug-likeness (QED) is 0.255. The molecule has 0 spiro atoms. The zero-order valence-electron chi connectivity index (χ0n) is 18.4. The van der Waals surface area contributed by atoms with Crippen molar-refractivity contribution >= 4 is 27.0 Å². The fourth-order valence-corrected chi connectivity index (χ4v) is 4.20. The Morgan fingerprint density at radius 1 is 0.571 bits per heavy atom. The van der Waals surface area contributed by atoms with E-state index in [1.54, 1.807) is 0 Å². The van der Waals surface area contributed by atoms with E-state index >= 15 is 0 Å². The Hall–Kier alpha value is -4.38. The molecule has 0 unspecified atom stereocenters. The summed E-state index contributed by atoms with van der Waals surface area (Å²) in [5, 5.41) is 8.30. The van der Waals surface area contributed by atoms with Gasteiger partial charge in [-0.3, -0.25) is 0 Å². The van der Waals surface area contributed by atoms with Crippen LogP contribution in [0.5, 0.6) is 11.5 Å². The summed E-state index contributed by atoms with van der Waals surface area (Å²) in [6.07, 6.45) is 0. The number of fused-ring (bicyclic) bond motifs is 1. The fourth-order valence-electron chi connectivity index (χ4n) is 3.58. The van der Waals surface area contributed by atoms with Crippen molar-refractivity contribution in [1.82, 2.24) is 15.2 Å². The molecule has 0 atom stereocenters. The molecule has 0 amide bonds. The molecular formula is C27H17AlN3O4. The molecule has 1 radical (unpaired) electrons. The van der Waals surface area contributed by atoms with E-state index in [9.17, 15) is 0 Å². The molecule has 2 aromatic heterocycles.